The molecule has 0 bridgehead atoms. The highest BCUT2D eigenvalue weighted by atomic mass is 35.5. The zero-order valence-corrected chi connectivity index (χ0v) is 15.8. The van der Waals surface area contributed by atoms with Gasteiger partial charge in [0.1, 0.15) is 0 Å². The zero-order chi connectivity index (χ0) is 18.5. The van der Waals surface area contributed by atoms with Crippen molar-refractivity contribution in [2.45, 2.75) is 12.5 Å². The van der Waals surface area contributed by atoms with E-state index in [1.807, 2.05) is 12.1 Å². The van der Waals surface area contributed by atoms with E-state index in [2.05, 4.69) is 102 Å². The van der Waals surface area contributed by atoms with Crippen LogP contribution >= 0.6 is 11.6 Å². The molecular formula is C25H21ClN+. The highest BCUT2D eigenvalue weighted by Crippen LogP contribution is 2.23. The summed E-state index contributed by atoms with van der Waals surface area (Å²) in [5.74, 6) is 0. The van der Waals surface area contributed by atoms with Crippen LogP contribution in [0.4, 0.5) is 0 Å². The molecule has 4 aromatic rings. The third-order valence-corrected chi connectivity index (χ3v) is 5.04. The van der Waals surface area contributed by atoms with Crippen molar-refractivity contribution in [3.05, 3.63) is 137 Å². The van der Waals surface area contributed by atoms with E-state index in [1.165, 1.54) is 22.4 Å². The molecular weight excluding hydrogens is 350 g/mol. The van der Waals surface area contributed by atoms with Crippen molar-refractivity contribution >= 4 is 11.6 Å². The maximum Gasteiger partial charge on any atom is 0.209 e. The lowest BCUT2D eigenvalue weighted by atomic mass is 9.97. The molecule has 0 atom stereocenters. The fraction of sp³-hybridized carbons (Fsp3) is 0.0800. The minimum absolute atomic E-state index is 0.135. The SMILES string of the molecule is Clc1ccc(Cc2cccc[n+]2C(c2ccccc2)c2ccccc2)cc1. The van der Waals surface area contributed by atoms with E-state index in [4.69, 9.17) is 11.6 Å². The summed E-state index contributed by atoms with van der Waals surface area (Å²) in [4.78, 5) is 0. The molecule has 3 aromatic carbocycles. The number of nitrogens with zero attached hydrogens (tertiary/aromatic N) is 1. The normalized spacial score (nSPS) is 10.9. The van der Waals surface area contributed by atoms with Crippen molar-refractivity contribution in [2.75, 3.05) is 0 Å². The van der Waals surface area contributed by atoms with Gasteiger partial charge in [-0.15, -0.1) is 0 Å². The lowest BCUT2D eigenvalue weighted by Crippen LogP contribution is -2.44. The summed E-state index contributed by atoms with van der Waals surface area (Å²) in [5, 5.41) is 0.770. The van der Waals surface area contributed by atoms with E-state index in [9.17, 15) is 0 Å². The van der Waals surface area contributed by atoms with Crippen LogP contribution < -0.4 is 4.57 Å². The van der Waals surface area contributed by atoms with Gasteiger partial charge in [-0.3, -0.25) is 0 Å². The predicted octanol–water partition coefficient (Wildman–Crippen LogP) is 5.86. The molecule has 0 aliphatic rings. The van der Waals surface area contributed by atoms with Gasteiger partial charge in [0.25, 0.3) is 0 Å². The Hall–Kier alpha value is -2.90. The molecule has 0 spiro atoms. The Morgan fingerprint density at radius 2 is 1.19 bits per heavy atom. The van der Waals surface area contributed by atoms with E-state index >= 15 is 0 Å². The van der Waals surface area contributed by atoms with Crippen LogP contribution in [0, 0.1) is 0 Å². The second kappa shape index (κ2) is 8.20. The topological polar surface area (TPSA) is 3.88 Å². The van der Waals surface area contributed by atoms with Crippen molar-refractivity contribution in [1.29, 1.82) is 0 Å². The Morgan fingerprint density at radius 1 is 0.630 bits per heavy atom. The predicted molar refractivity (Wildman–Crippen MR) is 111 cm³/mol. The minimum atomic E-state index is 0.135. The average molecular weight is 371 g/mol. The molecule has 4 rings (SSSR count). The first-order chi connectivity index (χ1) is 13.3. The van der Waals surface area contributed by atoms with Gasteiger partial charge >= 0.3 is 0 Å². The lowest BCUT2D eigenvalue weighted by molar-refractivity contribution is -0.711. The van der Waals surface area contributed by atoms with Crippen molar-refractivity contribution in [3.8, 4) is 0 Å². The zero-order valence-electron chi connectivity index (χ0n) is 15.0. The van der Waals surface area contributed by atoms with Crippen LogP contribution in [0.15, 0.2) is 109 Å². The van der Waals surface area contributed by atoms with E-state index in [0.29, 0.717) is 0 Å². The second-order valence-electron chi connectivity index (χ2n) is 6.63. The van der Waals surface area contributed by atoms with Gasteiger partial charge in [0.15, 0.2) is 11.9 Å². The molecule has 0 radical (unpaired) electrons. The molecule has 1 nitrogen and oxygen atoms in total. The third kappa shape index (κ3) is 4.10. The van der Waals surface area contributed by atoms with Crippen LogP contribution in [0.5, 0.6) is 0 Å². The Bertz CT molecular complexity index is 956. The molecule has 0 N–H and O–H groups in total. The third-order valence-electron chi connectivity index (χ3n) is 4.79. The smallest absolute Gasteiger partial charge is 0.191 e. The van der Waals surface area contributed by atoms with Crippen LogP contribution in [0.2, 0.25) is 5.02 Å². The maximum atomic E-state index is 6.05. The summed E-state index contributed by atoms with van der Waals surface area (Å²) in [6, 6.07) is 36.0. The molecule has 0 saturated heterocycles. The number of aromatic nitrogens is 1. The largest absolute Gasteiger partial charge is 0.209 e. The molecule has 0 saturated carbocycles. The fourth-order valence-electron chi connectivity index (χ4n) is 3.49. The molecule has 132 valence electrons. The molecule has 0 amide bonds. The van der Waals surface area contributed by atoms with Gasteiger partial charge in [0.2, 0.25) is 6.04 Å². The lowest BCUT2D eigenvalue weighted by Gasteiger charge is -2.16. The maximum absolute atomic E-state index is 6.05. The fourth-order valence-corrected chi connectivity index (χ4v) is 3.61. The van der Waals surface area contributed by atoms with Crippen LogP contribution in [0.3, 0.4) is 0 Å². The molecule has 1 aromatic heterocycles. The highest BCUT2D eigenvalue weighted by Gasteiger charge is 2.26. The minimum Gasteiger partial charge on any atom is -0.191 e. The summed E-state index contributed by atoms with van der Waals surface area (Å²) in [6.45, 7) is 0. The first-order valence-corrected chi connectivity index (χ1v) is 9.52. The molecule has 1 heterocycles. The number of rotatable bonds is 5. The number of halogens is 1. The van der Waals surface area contributed by atoms with Gasteiger partial charge in [-0.2, -0.15) is 4.57 Å². The van der Waals surface area contributed by atoms with Crippen molar-refractivity contribution in [3.63, 3.8) is 0 Å². The van der Waals surface area contributed by atoms with Crippen molar-refractivity contribution in [2.24, 2.45) is 0 Å². The van der Waals surface area contributed by atoms with Gasteiger partial charge in [-0.25, -0.2) is 0 Å². The standard InChI is InChI=1S/C25H21ClN/c26-23-16-14-20(15-17-23)19-24-13-7-8-18-27(24)25(21-9-3-1-4-10-21)22-11-5-2-6-12-22/h1-18,25H,19H2/q+1. The van der Waals surface area contributed by atoms with Gasteiger partial charge < -0.3 is 0 Å². The molecule has 2 heteroatoms. The van der Waals surface area contributed by atoms with E-state index in [1.54, 1.807) is 0 Å². The molecule has 0 fully saturated rings. The summed E-state index contributed by atoms with van der Waals surface area (Å²) >= 11 is 6.05. The number of hydrogen-bond acceptors (Lipinski definition) is 0. The van der Waals surface area contributed by atoms with E-state index in [-0.39, 0.29) is 6.04 Å². The van der Waals surface area contributed by atoms with Gasteiger partial charge in [0, 0.05) is 28.3 Å². The van der Waals surface area contributed by atoms with Gasteiger partial charge in [-0.1, -0.05) is 90.5 Å². The average Bonchev–Trinajstić information content (AvgIpc) is 2.73. The highest BCUT2D eigenvalue weighted by molar-refractivity contribution is 6.30. The molecule has 0 unspecified atom stereocenters. The summed E-state index contributed by atoms with van der Waals surface area (Å²) in [7, 11) is 0. The molecule has 0 aliphatic heterocycles. The summed E-state index contributed by atoms with van der Waals surface area (Å²) in [5.41, 5.74) is 5.06. The molecule has 0 aliphatic carbocycles. The first-order valence-electron chi connectivity index (χ1n) is 9.14. The van der Waals surface area contributed by atoms with E-state index in [0.717, 1.165) is 11.4 Å². The Morgan fingerprint density at radius 3 is 1.78 bits per heavy atom. The molecule has 27 heavy (non-hydrogen) atoms. The Labute approximate surface area is 165 Å². The Balaban J connectivity index is 1.80. The second-order valence-corrected chi connectivity index (χ2v) is 7.06. The summed E-state index contributed by atoms with van der Waals surface area (Å²) in [6.07, 6.45) is 3.03. The number of pyridine rings is 1. The Kier molecular flexibility index (Phi) is 5.32. The quantitative estimate of drug-likeness (QED) is 0.387. The van der Waals surface area contributed by atoms with Crippen LogP contribution in [-0.2, 0) is 6.42 Å². The number of benzene rings is 3. The van der Waals surface area contributed by atoms with Crippen molar-refractivity contribution < 1.29 is 4.57 Å². The van der Waals surface area contributed by atoms with Gasteiger partial charge in [0.05, 0.1) is 6.42 Å². The number of hydrogen-bond donors (Lipinski definition) is 0. The van der Waals surface area contributed by atoms with Crippen molar-refractivity contribution in [1.82, 2.24) is 0 Å². The van der Waals surface area contributed by atoms with E-state index < -0.39 is 0 Å². The van der Waals surface area contributed by atoms with Crippen LogP contribution in [-0.4, -0.2) is 0 Å². The first kappa shape index (κ1) is 17.5. The monoisotopic (exact) mass is 370 g/mol. The van der Waals surface area contributed by atoms with Crippen LogP contribution in [0.1, 0.15) is 28.4 Å². The summed E-state index contributed by atoms with van der Waals surface area (Å²) < 4.78 is 2.37. The van der Waals surface area contributed by atoms with Crippen LogP contribution in [0.25, 0.3) is 0 Å². The van der Waals surface area contributed by atoms with Gasteiger partial charge in [-0.05, 0) is 17.7 Å².